The van der Waals surface area contributed by atoms with Crippen LogP contribution in [0.1, 0.15) is 23.3 Å². The topological polar surface area (TPSA) is 115 Å². The molecule has 1 atom stereocenters. The molecule has 3 N–H and O–H groups in total. The highest BCUT2D eigenvalue weighted by molar-refractivity contribution is 7.89. The van der Waals surface area contributed by atoms with Crippen molar-refractivity contribution in [2.45, 2.75) is 23.8 Å². The number of sulfonamides is 1. The van der Waals surface area contributed by atoms with Gasteiger partial charge in [0.1, 0.15) is 10.6 Å². The van der Waals surface area contributed by atoms with Crippen molar-refractivity contribution >= 4 is 32.4 Å². The summed E-state index contributed by atoms with van der Waals surface area (Å²) in [4.78, 5) is 18.7. The van der Waals surface area contributed by atoms with Crippen molar-refractivity contribution in [3.05, 3.63) is 29.5 Å². The van der Waals surface area contributed by atoms with Gasteiger partial charge in [-0.25, -0.2) is 13.4 Å². The van der Waals surface area contributed by atoms with Gasteiger partial charge in [-0.3, -0.25) is 10.1 Å². The zero-order chi connectivity index (χ0) is 16.4. The van der Waals surface area contributed by atoms with Gasteiger partial charge in [0.25, 0.3) is 5.91 Å². The lowest BCUT2D eigenvalue weighted by atomic mass is 10.1. The monoisotopic (exact) mass is 356 g/mol. The van der Waals surface area contributed by atoms with Crippen molar-refractivity contribution in [1.82, 2.24) is 14.3 Å². The van der Waals surface area contributed by atoms with Crippen molar-refractivity contribution in [3.8, 4) is 0 Å². The van der Waals surface area contributed by atoms with Gasteiger partial charge in [-0.15, -0.1) is 11.3 Å². The molecule has 2 aromatic heterocycles. The third-order valence-corrected chi connectivity index (χ3v) is 6.08. The molecule has 124 valence electrons. The van der Waals surface area contributed by atoms with Crippen LogP contribution in [0.4, 0.5) is 5.13 Å². The predicted molar refractivity (Wildman–Crippen MR) is 84.9 cm³/mol. The Morgan fingerprint density at radius 1 is 1.52 bits per heavy atom. The number of carbonyl (C=O) groups is 1. The molecule has 0 aliphatic carbocycles. The zero-order valence-corrected chi connectivity index (χ0v) is 13.7. The van der Waals surface area contributed by atoms with Crippen LogP contribution < -0.4 is 5.32 Å². The summed E-state index contributed by atoms with van der Waals surface area (Å²) < 4.78 is 26.3. The van der Waals surface area contributed by atoms with E-state index in [1.807, 2.05) is 0 Å². The van der Waals surface area contributed by atoms with Gasteiger partial charge in [0.05, 0.1) is 6.10 Å². The molecule has 1 saturated heterocycles. The molecule has 10 heteroatoms. The number of nitrogens with zero attached hydrogens (tertiary/aromatic N) is 2. The first-order chi connectivity index (χ1) is 11.0. The highest BCUT2D eigenvalue weighted by atomic mass is 32.2. The second-order valence-corrected chi connectivity index (χ2v) is 8.03. The summed E-state index contributed by atoms with van der Waals surface area (Å²) in [5, 5.41) is 14.4. The lowest BCUT2D eigenvalue weighted by Gasteiger charge is -2.28. The van der Waals surface area contributed by atoms with Gasteiger partial charge in [-0.05, 0) is 18.9 Å². The molecule has 8 nitrogen and oxygen atoms in total. The molecule has 0 unspecified atom stereocenters. The molecule has 3 heterocycles. The Hall–Kier alpha value is -1.75. The highest BCUT2D eigenvalue weighted by Gasteiger charge is 2.30. The van der Waals surface area contributed by atoms with Gasteiger partial charge in [0, 0.05) is 30.9 Å². The Morgan fingerprint density at radius 3 is 3.04 bits per heavy atom. The fourth-order valence-corrected chi connectivity index (χ4v) is 4.43. The van der Waals surface area contributed by atoms with Crippen LogP contribution in [0.5, 0.6) is 0 Å². The normalized spacial score (nSPS) is 19.6. The van der Waals surface area contributed by atoms with E-state index in [-0.39, 0.29) is 17.1 Å². The lowest BCUT2D eigenvalue weighted by Crippen LogP contribution is -2.41. The maximum Gasteiger partial charge on any atom is 0.273 e. The van der Waals surface area contributed by atoms with Crippen molar-refractivity contribution in [2.75, 3.05) is 18.4 Å². The van der Waals surface area contributed by atoms with Crippen molar-refractivity contribution in [3.63, 3.8) is 0 Å². The quantitative estimate of drug-likeness (QED) is 0.752. The van der Waals surface area contributed by atoms with Crippen molar-refractivity contribution < 1.29 is 18.3 Å². The largest absolute Gasteiger partial charge is 0.392 e. The van der Waals surface area contributed by atoms with E-state index in [0.717, 1.165) is 0 Å². The number of aromatic amines is 1. The molecular formula is C13H16N4O4S2. The molecule has 2 aromatic rings. The van der Waals surface area contributed by atoms with Gasteiger partial charge in [0.15, 0.2) is 5.13 Å². The fourth-order valence-electron chi connectivity index (χ4n) is 2.39. The van der Waals surface area contributed by atoms with Crippen LogP contribution in [-0.4, -0.2) is 52.9 Å². The van der Waals surface area contributed by atoms with E-state index in [0.29, 0.717) is 24.5 Å². The fraction of sp³-hybridized carbons (Fsp3) is 0.385. The number of aromatic nitrogens is 2. The van der Waals surface area contributed by atoms with E-state index in [2.05, 4.69) is 15.3 Å². The number of hydrogen-bond acceptors (Lipinski definition) is 6. The van der Waals surface area contributed by atoms with E-state index >= 15 is 0 Å². The van der Waals surface area contributed by atoms with Crippen LogP contribution in [0, 0.1) is 0 Å². The molecule has 23 heavy (non-hydrogen) atoms. The Balaban J connectivity index is 1.76. The standard InChI is InChI=1S/C13H16N4O4S2/c18-9-2-1-4-17(8-9)23(20,21)10-6-11(15-7-10)12(19)16-13-14-3-5-22-13/h3,5-7,9,15,18H,1-2,4,8H2,(H,14,16,19)/t9-/m1/s1. The lowest BCUT2D eigenvalue weighted by molar-refractivity contribution is 0.102. The summed E-state index contributed by atoms with van der Waals surface area (Å²) in [7, 11) is -3.72. The van der Waals surface area contributed by atoms with Gasteiger partial charge in [0.2, 0.25) is 10.0 Å². The molecule has 3 rings (SSSR count). The Morgan fingerprint density at radius 2 is 2.35 bits per heavy atom. The molecule has 1 aliphatic rings. The van der Waals surface area contributed by atoms with Crippen LogP contribution in [-0.2, 0) is 10.0 Å². The number of aliphatic hydroxyl groups is 1. The summed E-state index contributed by atoms with van der Waals surface area (Å²) in [5.74, 6) is -0.458. The Kier molecular flexibility index (Phi) is 4.48. The first kappa shape index (κ1) is 16.1. The maximum atomic E-state index is 12.5. The van der Waals surface area contributed by atoms with E-state index in [9.17, 15) is 18.3 Å². The van der Waals surface area contributed by atoms with E-state index in [1.54, 1.807) is 11.6 Å². The third kappa shape index (κ3) is 3.44. The molecule has 1 amide bonds. The Labute approximate surface area is 137 Å². The minimum absolute atomic E-state index is 0.0101. The number of aliphatic hydroxyl groups excluding tert-OH is 1. The van der Waals surface area contributed by atoms with Crippen LogP contribution in [0.25, 0.3) is 0 Å². The molecule has 0 aromatic carbocycles. The first-order valence-corrected chi connectivity index (χ1v) is 9.36. The number of carbonyl (C=O) groups excluding carboxylic acids is 1. The summed E-state index contributed by atoms with van der Waals surface area (Å²) >= 11 is 1.27. The second-order valence-electron chi connectivity index (χ2n) is 5.20. The van der Waals surface area contributed by atoms with Gasteiger partial charge >= 0.3 is 0 Å². The minimum Gasteiger partial charge on any atom is -0.392 e. The molecule has 1 fully saturated rings. The second kappa shape index (κ2) is 6.40. The van der Waals surface area contributed by atoms with Gasteiger partial charge in [-0.1, -0.05) is 0 Å². The van der Waals surface area contributed by atoms with Crippen LogP contribution in [0.3, 0.4) is 0 Å². The zero-order valence-electron chi connectivity index (χ0n) is 12.1. The number of anilines is 1. The number of H-pyrrole nitrogens is 1. The molecule has 0 radical (unpaired) electrons. The molecule has 0 spiro atoms. The number of nitrogens with one attached hydrogen (secondary N) is 2. The highest BCUT2D eigenvalue weighted by Crippen LogP contribution is 2.22. The number of β-amino-alcohol motifs (C(OH)–C–C–N with tert-alkyl or cyclic N) is 1. The van der Waals surface area contributed by atoms with Crippen molar-refractivity contribution in [2.24, 2.45) is 0 Å². The Bertz CT molecular complexity index is 785. The summed E-state index contributed by atoms with van der Waals surface area (Å²) in [5.41, 5.74) is 0.135. The number of amides is 1. The predicted octanol–water partition coefficient (Wildman–Crippen LogP) is 0.869. The van der Waals surface area contributed by atoms with Gasteiger partial charge < -0.3 is 10.1 Å². The molecular weight excluding hydrogens is 340 g/mol. The van der Waals surface area contributed by atoms with Crippen molar-refractivity contribution in [1.29, 1.82) is 0 Å². The third-order valence-electron chi connectivity index (χ3n) is 3.55. The smallest absolute Gasteiger partial charge is 0.273 e. The summed E-state index contributed by atoms with van der Waals surface area (Å²) in [6.07, 6.45) is 3.41. The average molecular weight is 356 g/mol. The van der Waals surface area contributed by atoms with Crippen LogP contribution in [0.15, 0.2) is 28.7 Å². The van der Waals surface area contributed by atoms with E-state index < -0.39 is 22.0 Å². The van der Waals surface area contributed by atoms with E-state index in [1.165, 1.54) is 27.9 Å². The van der Waals surface area contributed by atoms with Gasteiger partial charge in [-0.2, -0.15) is 4.31 Å². The average Bonchev–Trinajstić information content (AvgIpc) is 3.18. The maximum absolute atomic E-state index is 12.5. The number of thiazole rings is 1. The summed E-state index contributed by atoms with van der Waals surface area (Å²) in [6, 6.07) is 1.29. The van der Waals surface area contributed by atoms with E-state index in [4.69, 9.17) is 0 Å². The number of rotatable bonds is 4. The molecule has 0 bridgehead atoms. The van der Waals surface area contributed by atoms with Crippen LogP contribution >= 0.6 is 11.3 Å². The summed E-state index contributed by atoms with van der Waals surface area (Å²) in [6.45, 7) is 0.444. The SMILES string of the molecule is O=C(Nc1nccs1)c1cc(S(=O)(=O)N2CCC[C@@H](O)C2)c[nH]1. The van der Waals surface area contributed by atoms with Crippen LogP contribution in [0.2, 0.25) is 0 Å². The molecule has 0 saturated carbocycles. The minimum atomic E-state index is -3.72. The number of hydrogen-bond donors (Lipinski definition) is 3. The molecule has 1 aliphatic heterocycles. The number of piperidine rings is 1. The first-order valence-electron chi connectivity index (χ1n) is 7.04.